The highest BCUT2D eigenvalue weighted by molar-refractivity contribution is 5.74. The number of benzene rings is 2. The van der Waals surface area contributed by atoms with Crippen LogP contribution in [0.15, 0.2) is 41.4 Å². The van der Waals surface area contributed by atoms with Gasteiger partial charge in [0.05, 0.1) is 12.0 Å². The van der Waals surface area contributed by atoms with E-state index >= 15 is 0 Å². The Morgan fingerprint density at radius 3 is 2.43 bits per heavy atom. The van der Waals surface area contributed by atoms with Crippen LogP contribution in [0.4, 0.5) is 10.1 Å². The first kappa shape index (κ1) is 16.9. The minimum Gasteiger partial charge on any atom is -0.366 e. The summed E-state index contributed by atoms with van der Waals surface area (Å²) in [5.74, 6) is -0.207. The maximum atomic E-state index is 13.7. The standard InChI is InChI=1S/C20H23FN2/c1-5-23(4)14-22-20-13-15(2)18(12-16(20)3)11-10-17-8-6-7-9-19(17)21/h6-14H,5H2,1-4H3. The van der Waals surface area contributed by atoms with Crippen LogP contribution < -0.4 is 0 Å². The van der Waals surface area contributed by atoms with Crippen molar-refractivity contribution in [2.24, 2.45) is 4.99 Å². The van der Waals surface area contributed by atoms with E-state index in [9.17, 15) is 4.39 Å². The fourth-order valence-corrected chi connectivity index (χ4v) is 2.17. The zero-order chi connectivity index (χ0) is 16.8. The minimum atomic E-state index is -0.207. The van der Waals surface area contributed by atoms with Gasteiger partial charge < -0.3 is 4.90 Å². The van der Waals surface area contributed by atoms with Gasteiger partial charge in [-0.2, -0.15) is 0 Å². The molecule has 2 aromatic carbocycles. The van der Waals surface area contributed by atoms with Gasteiger partial charge in [0.25, 0.3) is 0 Å². The zero-order valence-electron chi connectivity index (χ0n) is 14.2. The van der Waals surface area contributed by atoms with Crippen molar-refractivity contribution >= 4 is 24.2 Å². The Morgan fingerprint density at radius 1 is 1.04 bits per heavy atom. The van der Waals surface area contributed by atoms with Crippen molar-refractivity contribution in [1.29, 1.82) is 0 Å². The molecule has 0 heterocycles. The zero-order valence-corrected chi connectivity index (χ0v) is 14.2. The number of hydrogen-bond acceptors (Lipinski definition) is 1. The second kappa shape index (κ2) is 7.73. The molecule has 0 N–H and O–H groups in total. The molecule has 0 aromatic heterocycles. The van der Waals surface area contributed by atoms with Gasteiger partial charge in [0.15, 0.2) is 0 Å². The van der Waals surface area contributed by atoms with Gasteiger partial charge in [-0.25, -0.2) is 9.38 Å². The summed E-state index contributed by atoms with van der Waals surface area (Å²) in [6.07, 6.45) is 5.61. The molecule has 2 nitrogen and oxygen atoms in total. The van der Waals surface area contributed by atoms with Crippen molar-refractivity contribution in [3.63, 3.8) is 0 Å². The second-order valence-electron chi connectivity index (χ2n) is 5.67. The van der Waals surface area contributed by atoms with Gasteiger partial charge in [0.2, 0.25) is 0 Å². The molecule has 0 aliphatic rings. The SMILES string of the molecule is CCN(C)C=Nc1cc(C)c(C=Cc2ccccc2F)cc1C. The molecular weight excluding hydrogens is 287 g/mol. The maximum Gasteiger partial charge on any atom is 0.130 e. The van der Waals surface area contributed by atoms with Crippen molar-refractivity contribution in [2.75, 3.05) is 13.6 Å². The lowest BCUT2D eigenvalue weighted by atomic mass is 10.0. The molecule has 0 unspecified atom stereocenters. The molecule has 0 radical (unpaired) electrons. The average molecular weight is 310 g/mol. The lowest BCUT2D eigenvalue weighted by molar-refractivity contribution is 0.552. The van der Waals surface area contributed by atoms with Crippen molar-refractivity contribution in [2.45, 2.75) is 20.8 Å². The first-order valence-electron chi connectivity index (χ1n) is 7.79. The number of aliphatic imine (C=N–C) groups is 1. The molecule has 0 aliphatic carbocycles. The molecule has 2 rings (SSSR count). The summed E-state index contributed by atoms with van der Waals surface area (Å²) in [5, 5.41) is 0. The van der Waals surface area contributed by atoms with E-state index in [-0.39, 0.29) is 5.82 Å². The number of rotatable bonds is 5. The lowest BCUT2D eigenvalue weighted by Crippen LogP contribution is -2.14. The smallest absolute Gasteiger partial charge is 0.130 e. The molecule has 0 aliphatic heterocycles. The van der Waals surface area contributed by atoms with Gasteiger partial charge in [0, 0.05) is 19.2 Å². The molecule has 0 amide bonds. The molecule has 120 valence electrons. The molecule has 0 spiro atoms. The number of hydrogen-bond donors (Lipinski definition) is 0. The third-order valence-electron chi connectivity index (χ3n) is 3.83. The highest BCUT2D eigenvalue weighted by Gasteiger charge is 2.02. The van der Waals surface area contributed by atoms with Crippen LogP contribution in [0.1, 0.15) is 29.2 Å². The monoisotopic (exact) mass is 310 g/mol. The quantitative estimate of drug-likeness (QED) is 0.420. The molecule has 0 fully saturated rings. The summed E-state index contributed by atoms with van der Waals surface area (Å²) in [7, 11) is 2.00. The molecule has 0 saturated carbocycles. The van der Waals surface area contributed by atoms with Crippen molar-refractivity contribution in [1.82, 2.24) is 4.90 Å². The van der Waals surface area contributed by atoms with Crippen LogP contribution >= 0.6 is 0 Å². The van der Waals surface area contributed by atoms with E-state index in [1.54, 1.807) is 12.1 Å². The van der Waals surface area contributed by atoms with E-state index in [0.717, 1.165) is 28.9 Å². The molecule has 3 heteroatoms. The fourth-order valence-electron chi connectivity index (χ4n) is 2.17. The summed E-state index contributed by atoms with van der Waals surface area (Å²) in [6.45, 7) is 7.09. The molecule has 0 saturated heterocycles. The van der Waals surface area contributed by atoms with Crippen LogP contribution in [0.5, 0.6) is 0 Å². The second-order valence-corrected chi connectivity index (χ2v) is 5.67. The first-order valence-corrected chi connectivity index (χ1v) is 7.79. The van der Waals surface area contributed by atoms with Gasteiger partial charge in [-0.05, 0) is 55.7 Å². The largest absolute Gasteiger partial charge is 0.366 e. The summed E-state index contributed by atoms with van der Waals surface area (Å²) >= 11 is 0. The Labute approximate surface area is 138 Å². The number of aryl methyl sites for hydroxylation is 2. The highest BCUT2D eigenvalue weighted by atomic mass is 19.1. The van der Waals surface area contributed by atoms with Crippen molar-refractivity contribution in [3.05, 3.63) is 64.5 Å². The predicted molar refractivity (Wildman–Crippen MR) is 97.7 cm³/mol. The maximum absolute atomic E-state index is 13.7. The third kappa shape index (κ3) is 4.52. The van der Waals surface area contributed by atoms with E-state index in [1.807, 2.05) is 50.4 Å². The normalized spacial score (nSPS) is 11.5. The van der Waals surface area contributed by atoms with Crippen LogP contribution in [-0.2, 0) is 0 Å². The summed E-state index contributed by atoms with van der Waals surface area (Å²) in [6, 6.07) is 10.9. The van der Waals surface area contributed by atoms with Crippen LogP contribution in [0, 0.1) is 19.7 Å². The molecular formula is C20H23FN2. The van der Waals surface area contributed by atoms with Gasteiger partial charge >= 0.3 is 0 Å². The third-order valence-corrected chi connectivity index (χ3v) is 3.83. The molecule has 23 heavy (non-hydrogen) atoms. The van der Waals surface area contributed by atoms with Crippen LogP contribution in [0.3, 0.4) is 0 Å². The van der Waals surface area contributed by atoms with Gasteiger partial charge in [-0.1, -0.05) is 30.4 Å². The number of nitrogens with zero attached hydrogens (tertiary/aromatic N) is 2. The Kier molecular flexibility index (Phi) is 5.69. The van der Waals surface area contributed by atoms with E-state index in [2.05, 4.69) is 24.0 Å². The van der Waals surface area contributed by atoms with E-state index in [4.69, 9.17) is 0 Å². The Balaban J connectivity index is 2.26. The van der Waals surface area contributed by atoms with E-state index < -0.39 is 0 Å². The lowest BCUT2D eigenvalue weighted by Gasteiger charge is -2.10. The molecule has 0 atom stereocenters. The van der Waals surface area contributed by atoms with E-state index in [0.29, 0.717) is 5.56 Å². The summed E-state index contributed by atoms with van der Waals surface area (Å²) < 4.78 is 13.7. The van der Waals surface area contributed by atoms with Gasteiger partial charge in [0.1, 0.15) is 5.82 Å². The number of halogens is 1. The van der Waals surface area contributed by atoms with E-state index in [1.165, 1.54) is 6.07 Å². The fraction of sp³-hybridized carbons (Fsp3) is 0.250. The predicted octanol–water partition coefficient (Wildman–Crippen LogP) is 5.22. The average Bonchev–Trinajstić information content (AvgIpc) is 2.54. The Bertz CT molecular complexity index is 732. The topological polar surface area (TPSA) is 15.6 Å². The Hall–Kier alpha value is -2.42. The van der Waals surface area contributed by atoms with Gasteiger partial charge in [-0.3, -0.25) is 0 Å². The van der Waals surface area contributed by atoms with Crippen LogP contribution in [-0.4, -0.2) is 24.8 Å². The molecule has 2 aromatic rings. The Morgan fingerprint density at radius 2 is 1.74 bits per heavy atom. The van der Waals surface area contributed by atoms with Crippen LogP contribution in [0.25, 0.3) is 12.2 Å². The van der Waals surface area contributed by atoms with Gasteiger partial charge in [-0.15, -0.1) is 0 Å². The highest BCUT2D eigenvalue weighted by Crippen LogP contribution is 2.24. The van der Waals surface area contributed by atoms with Crippen LogP contribution in [0.2, 0.25) is 0 Å². The molecule has 0 bridgehead atoms. The summed E-state index contributed by atoms with van der Waals surface area (Å²) in [5.41, 5.74) is 4.86. The first-order chi connectivity index (χ1) is 11.0. The van der Waals surface area contributed by atoms with Crippen molar-refractivity contribution in [3.8, 4) is 0 Å². The minimum absolute atomic E-state index is 0.207. The summed E-state index contributed by atoms with van der Waals surface area (Å²) in [4.78, 5) is 6.56. The van der Waals surface area contributed by atoms with Crippen molar-refractivity contribution < 1.29 is 4.39 Å².